The van der Waals surface area contributed by atoms with Crippen molar-refractivity contribution in [3.63, 3.8) is 0 Å². The van der Waals surface area contributed by atoms with Gasteiger partial charge in [-0.25, -0.2) is 0 Å². The first-order chi connectivity index (χ1) is 25.5. The van der Waals surface area contributed by atoms with E-state index in [0.29, 0.717) is 0 Å². The van der Waals surface area contributed by atoms with Crippen molar-refractivity contribution < 1.29 is 44.1 Å². The van der Waals surface area contributed by atoms with Gasteiger partial charge in [0, 0.05) is 0 Å². The molecule has 0 aromatic heterocycles. The Labute approximate surface area is 345 Å². The topological polar surface area (TPSA) is 0 Å². The molecule has 0 nitrogen and oxygen atoms in total. The Morgan fingerprint density at radius 2 is 0.891 bits per heavy atom. The largest absolute Gasteiger partial charge is 1.00 e. The Hall–Kier alpha value is -4.00. The minimum atomic E-state index is -3.88. The molecule has 2 aliphatic carbocycles. The average Bonchev–Trinajstić information content (AvgIpc) is 3.83. The SMILES string of the molecule is CC(C)(C)c1ccc2c(c1)[CH]([Zr+2](=[CH]c1ccc(-c3ccccc3)cc1)(=[CH]c1ccc(-c3ccccc3)cc1)[C]1=CC=CC1)c1cc(C(C)(C)C)ccc1-2.[Cl-].[Cl-]. The van der Waals surface area contributed by atoms with Crippen molar-refractivity contribution in [3.8, 4) is 33.4 Å². The zero-order chi connectivity index (χ0) is 36.8. The zero-order valence-electron chi connectivity index (χ0n) is 32.8. The quantitative estimate of drug-likeness (QED) is 0.164. The van der Waals surface area contributed by atoms with Gasteiger partial charge in [0.2, 0.25) is 0 Å². The van der Waals surface area contributed by atoms with Crippen LogP contribution in [-0.4, -0.2) is 7.42 Å². The van der Waals surface area contributed by atoms with Gasteiger partial charge in [-0.3, -0.25) is 0 Å². The summed E-state index contributed by atoms with van der Waals surface area (Å²) in [5.74, 6) is 0. The molecule has 0 heterocycles. The van der Waals surface area contributed by atoms with E-state index in [1.165, 1.54) is 66.8 Å². The predicted octanol–water partition coefficient (Wildman–Crippen LogP) is 7.39. The van der Waals surface area contributed by atoms with Gasteiger partial charge < -0.3 is 24.8 Å². The monoisotopic (exact) mass is 834 g/mol. The van der Waals surface area contributed by atoms with Gasteiger partial charge in [-0.2, -0.15) is 0 Å². The molecule has 0 unspecified atom stereocenters. The molecular formula is C52H50Cl2Zr. The first kappa shape index (κ1) is 40.7. The minimum Gasteiger partial charge on any atom is -1.00 e. The summed E-state index contributed by atoms with van der Waals surface area (Å²) in [5.41, 5.74) is 16.4. The average molecular weight is 837 g/mol. The van der Waals surface area contributed by atoms with E-state index >= 15 is 0 Å². The maximum absolute atomic E-state index is 3.88. The van der Waals surface area contributed by atoms with Crippen molar-refractivity contribution in [2.24, 2.45) is 0 Å². The van der Waals surface area contributed by atoms with Crippen molar-refractivity contribution in [3.05, 3.63) is 200 Å². The summed E-state index contributed by atoms with van der Waals surface area (Å²) in [7, 11) is 0. The summed E-state index contributed by atoms with van der Waals surface area (Å²) in [6.07, 6.45) is 8.19. The fourth-order valence-corrected chi connectivity index (χ4v) is 20.7. The number of hydrogen-bond donors (Lipinski definition) is 0. The number of allylic oxidation sites excluding steroid dienone is 4. The third kappa shape index (κ3) is 8.14. The van der Waals surface area contributed by atoms with Gasteiger partial charge in [0.15, 0.2) is 0 Å². The van der Waals surface area contributed by atoms with Crippen LogP contribution in [0.15, 0.2) is 167 Å². The summed E-state index contributed by atoms with van der Waals surface area (Å²) in [4.78, 5) is 0. The normalized spacial score (nSPS) is 13.0. The van der Waals surface area contributed by atoms with Crippen LogP contribution in [0, 0.1) is 0 Å². The van der Waals surface area contributed by atoms with E-state index in [-0.39, 0.29) is 39.3 Å². The molecule has 0 N–H and O–H groups in total. The van der Waals surface area contributed by atoms with Crippen molar-refractivity contribution in [2.45, 2.75) is 62.4 Å². The van der Waals surface area contributed by atoms with Crippen LogP contribution >= 0.6 is 0 Å². The molecule has 0 saturated carbocycles. The Bertz CT molecular complexity index is 2320. The van der Waals surface area contributed by atoms with Crippen molar-refractivity contribution in [2.75, 3.05) is 0 Å². The summed E-state index contributed by atoms with van der Waals surface area (Å²) in [6, 6.07) is 55.1. The molecule has 0 aliphatic heterocycles. The minimum absolute atomic E-state index is 0. The van der Waals surface area contributed by atoms with Crippen molar-refractivity contribution in [1.82, 2.24) is 0 Å². The Balaban J connectivity index is 0.00000257. The first-order valence-corrected chi connectivity index (χ1v) is 24.7. The molecular weight excluding hydrogens is 787 g/mol. The van der Waals surface area contributed by atoms with Crippen molar-refractivity contribution in [1.29, 1.82) is 0 Å². The molecule has 6 aromatic carbocycles. The van der Waals surface area contributed by atoms with E-state index in [9.17, 15) is 0 Å². The Kier molecular flexibility index (Phi) is 12.0. The molecule has 2 aliphatic rings. The van der Waals surface area contributed by atoms with Crippen LogP contribution in [0.3, 0.4) is 0 Å². The van der Waals surface area contributed by atoms with E-state index in [0.717, 1.165) is 6.42 Å². The third-order valence-corrected chi connectivity index (χ3v) is 22.9. The van der Waals surface area contributed by atoms with E-state index in [2.05, 4.69) is 213 Å². The molecule has 3 heteroatoms. The van der Waals surface area contributed by atoms with Gasteiger partial charge in [-0.05, 0) is 0 Å². The fraction of sp³-hybridized carbons (Fsp3) is 0.192. The molecule has 0 bridgehead atoms. The molecule has 55 heavy (non-hydrogen) atoms. The summed E-state index contributed by atoms with van der Waals surface area (Å²) >= 11 is -3.88. The van der Waals surface area contributed by atoms with Gasteiger partial charge in [-0.1, -0.05) is 0 Å². The van der Waals surface area contributed by atoms with E-state index in [1.807, 2.05) is 0 Å². The third-order valence-electron chi connectivity index (χ3n) is 11.4. The second kappa shape index (κ2) is 16.2. The maximum Gasteiger partial charge on any atom is -1.00 e. The van der Waals surface area contributed by atoms with E-state index < -0.39 is 19.3 Å². The molecule has 276 valence electrons. The van der Waals surface area contributed by atoms with Crippen molar-refractivity contribution >= 4 is 7.42 Å². The second-order valence-corrected chi connectivity index (χ2v) is 26.1. The number of fused-ring (bicyclic) bond motifs is 3. The van der Waals surface area contributed by atoms with Gasteiger partial charge >= 0.3 is 323 Å². The number of halogens is 2. The van der Waals surface area contributed by atoms with Crippen LogP contribution in [0.25, 0.3) is 33.4 Å². The van der Waals surface area contributed by atoms with Crippen LogP contribution in [0.5, 0.6) is 0 Å². The molecule has 0 fully saturated rings. The first-order valence-electron chi connectivity index (χ1n) is 19.2. The smallest absolute Gasteiger partial charge is 1.00 e. The van der Waals surface area contributed by atoms with Gasteiger partial charge in [0.1, 0.15) is 0 Å². The van der Waals surface area contributed by atoms with E-state index in [1.54, 1.807) is 3.28 Å². The number of benzene rings is 6. The summed E-state index contributed by atoms with van der Waals surface area (Å²) in [5, 5.41) is 0. The molecule has 0 atom stereocenters. The fourth-order valence-electron chi connectivity index (χ4n) is 8.41. The van der Waals surface area contributed by atoms with Gasteiger partial charge in [-0.15, -0.1) is 0 Å². The van der Waals surface area contributed by atoms with Crippen LogP contribution < -0.4 is 24.8 Å². The molecule has 0 saturated heterocycles. The molecule has 6 aromatic rings. The molecule has 0 radical (unpaired) electrons. The van der Waals surface area contributed by atoms with Crippen LogP contribution in [-0.2, 0) is 30.1 Å². The maximum atomic E-state index is 2.80. The van der Waals surface area contributed by atoms with Gasteiger partial charge in [0.25, 0.3) is 0 Å². The van der Waals surface area contributed by atoms with Crippen LogP contribution in [0.2, 0.25) is 0 Å². The van der Waals surface area contributed by atoms with Crippen LogP contribution in [0.4, 0.5) is 0 Å². The summed E-state index contributed by atoms with van der Waals surface area (Å²) in [6.45, 7) is 14.1. The molecule has 0 amide bonds. The number of hydrogen-bond acceptors (Lipinski definition) is 0. The predicted molar refractivity (Wildman–Crippen MR) is 227 cm³/mol. The Morgan fingerprint density at radius 1 is 0.491 bits per heavy atom. The van der Waals surface area contributed by atoms with Crippen LogP contribution in [0.1, 0.15) is 85.0 Å². The molecule has 8 rings (SSSR count). The van der Waals surface area contributed by atoms with E-state index in [4.69, 9.17) is 0 Å². The second-order valence-electron chi connectivity index (χ2n) is 17.1. The van der Waals surface area contributed by atoms with Gasteiger partial charge in [0.05, 0.1) is 0 Å². The Morgan fingerprint density at radius 3 is 1.25 bits per heavy atom. The zero-order valence-corrected chi connectivity index (χ0v) is 36.8. The standard InChI is InChI=1S/C21H25.2C13H10.C5H5.2ClH.Zr/c1-20(2,3)16-7-9-18-14(12-16)11-15-13-17(21(4,5)6)8-10-19(15)18;2*1-11-7-9-13(10-8-11)12-5-3-2-4-6-12;1-2-4-5-3-1;;;/h7-13H,1-6H3;2*1-10H;1-3H,4H2;2*1H;/q;;;;;;+2/p-2. The molecule has 0 spiro atoms. The summed E-state index contributed by atoms with van der Waals surface area (Å²) < 4.78 is 7.51. The number of rotatable bonds is 6.